The van der Waals surface area contributed by atoms with Crippen molar-refractivity contribution in [3.63, 3.8) is 0 Å². The first kappa shape index (κ1) is 60.3. The van der Waals surface area contributed by atoms with Crippen molar-refractivity contribution in [1.82, 2.24) is 67.0 Å². The van der Waals surface area contributed by atoms with E-state index in [1.807, 2.05) is 32.0 Å². The van der Waals surface area contributed by atoms with Crippen LogP contribution in [0.2, 0.25) is 0 Å². The lowest BCUT2D eigenvalue weighted by Gasteiger charge is -2.31. The van der Waals surface area contributed by atoms with Gasteiger partial charge in [0.05, 0.1) is 12.7 Å². The van der Waals surface area contributed by atoms with Crippen LogP contribution in [0.15, 0.2) is 85.8 Å². The molecule has 0 spiro atoms. The maximum absolute atomic E-state index is 14.6. The maximum atomic E-state index is 14.6. The summed E-state index contributed by atoms with van der Waals surface area (Å²) in [4.78, 5) is 155. The van der Waals surface area contributed by atoms with E-state index >= 15 is 0 Å². The molecule has 0 saturated carbocycles. The minimum absolute atomic E-state index is 0.0178. The standard InChI is InChI=1S/C55H72N14O11/c1-30(2)20-40(66-52(76)45-16-11-19-69(45)54(78)43(24-36-27-58-29-61-36)67-53(77)47(31(3)4)62-32(5)70)49(73)64-41(21-33-12-7-6-8-13-33)50(74)63-39(17-18-46(56)71)48(72)65-42(23-35-26-57-28-60-35)51(75)68-44(55(79)80)22-34-25-59-38-15-10-9-14-37(34)38/h6-10,12-15,25-31,39-45,47,59H,11,16-24H2,1-5H3,(H2,56,71)(H,57,60)(H,58,61)(H,62,70)(H,63,74)(H,64,73)(H,65,72)(H,66,76)(H,67,77)(H,68,75)(H,79,80)/t39-,40-,41-,42-,43-,44-,45-,47-/m0/s1. The van der Waals surface area contributed by atoms with E-state index in [1.54, 1.807) is 56.4 Å². The Hall–Kier alpha value is -8.90. The number of carbonyl (C=O) groups excluding carboxylic acids is 9. The van der Waals surface area contributed by atoms with Gasteiger partial charge in [-0.15, -0.1) is 0 Å². The Kier molecular flexibility index (Phi) is 21.6. The molecule has 6 rings (SSSR count). The lowest BCUT2D eigenvalue weighted by atomic mass is 10.00. The number of nitrogens with zero attached hydrogens (tertiary/aromatic N) is 3. The van der Waals surface area contributed by atoms with Crippen molar-refractivity contribution in [3.05, 3.63) is 108 Å². The summed E-state index contributed by atoms with van der Waals surface area (Å²) in [5.41, 5.74) is 8.43. The van der Waals surface area contributed by atoms with Crippen molar-refractivity contribution < 1.29 is 53.1 Å². The van der Waals surface area contributed by atoms with Crippen molar-refractivity contribution >= 4 is 70.0 Å². The minimum Gasteiger partial charge on any atom is -0.480 e. The van der Waals surface area contributed by atoms with Crippen LogP contribution in [0.25, 0.3) is 10.9 Å². The monoisotopic (exact) mass is 1100 g/mol. The zero-order valence-electron chi connectivity index (χ0n) is 45.4. The molecule has 4 heterocycles. The van der Waals surface area contributed by atoms with Gasteiger partial charge in [0.1, 0.15) is 48.3 Å². The summed E-state index contributed by atoms with van der Waals surface area (Å²) in [6.07, 6.45) is 6.88. The van der Waals surface area contributed by atoms with E-state index in [0.29, 0.717) is 28.9 Å². The summed E-state index contributed by atoms with van der Waals surface area (Å²) in [6.45, 7) is 8.58. The van der Waals surface area contributed by atoms with Gasteiger partial charge in [0.25, 0.3) is 0 Å². The fraction of sp³-hybridized carbons (Fsp3) is 0.455. The van der Waals surface area contributed by atoms with Gasteiger partial charge in [-0.2, -0.15) is 0 Å². The summed E-state index contributed by atoms with van der Waals surface area (Å²) in [5.74, 6) is -8.40. The Morgan fingerprint density at radius 2 is 1.21 bits per heavy atom. The van der Waals surface area contributed by atoms with Crippen molar-refractivity contribution in [3.8, 4) is 0 Å². The highest BCUT2D eigenvalue weighted by Crippen LogP contribution is 2.22. The van der Waals surface area contributed by atoms with Gasteiger partial charge in [-0.05, 0) is 54.7 Å². The number of likely N-dealkylation sites (tertiary alicyclic amines) is 1. The molecule has 1 fully saturated rings. The summed E-state index contributed by atoms with van der Waals surface area (Å²) < 4.78 is 0. The number of fused-ring (bicyclic) bond motifs is 1. The number of hydrogen-bond donors (Lipinski definition) is 12. The van der Waals surface area contributed by atoms with E-state index in [0.717, 1.165) is 10.9 Å². The number of imidazole rings is 2. The number of nitrogens with one attached hydrogen (secondary N) is 10. The number of hydrogen-bond acceptors (Lipinski definition) is 12. The van der Waals surface area contributed by atoms with Gasteiger partial charge in [0.15, 0.2) is 0 Å². The average molecular weight is 1110 g/mol. The molecule has 3 aromatic heterocycles. The molecule has 9 amide bonds. The van der Waals surface area contributed by atoms with Gasteiger partial charge >= 0.3 is 5.97 Å². The molecule has 1 aliphatic heterocycles. The molecule has 1 aliphatic rings. The molecule has 2 aromatic carbocycles. The molecule has 13 N–H and O–H groups in total. The summed E-state index contributed by atoms with van der Waals surface area (Å²) in [6, 6.07) is 5.59. The molecule has 428 valence electrons. The number of nitrogens with two attached hydrogens (primary N) is 1. The van der Waals surface area contributed by atoms with E-state index < -0.39 is 114 Å². The van der Waals surface area contributed by atoms with Crippen LogP contribution in [-0.4, -0.2) is 149 Å². The second kappa shape index (κ2) is 28.6. The smallest absolute Gasteiger partial charge is 0.326 e. The zero-order valence-corrected chi connectivity index (χ0v) is 45.4. The SMILES string of the molecule is CC(=O)N[C@H](C(=O)N[C@@H](Cc1cnc[nH]1)C(=O)N1CCC[C@H]1C(=O)N[C@@H](CC(C)C)C(=O)N[C@@H](Cc1ccccc1)C(=O)N[C@@H](CCC(N)=O)C(=O)N[C@@H](Cc1cnc[nH]1)C(=O)N[C@@H](Cc1c[nH]c2ccccc12)C(=O)O)C(C)C. The number of amides is 9. The van der Waals surface area contributed by atoms with Gasteiger partial charge in [-0.1, -0.05) is 76.2 Å². The first-order valence-corrected chi connectivity index (χ1v) is 26.6. The second-order valence-electron chi connectivity index (χ2n) is 20.8. The molecule has 8 atom stereocenters. The topological polar surface area (TPSA) is 378 Å². The number of benzene rings is 2. The van der Waals surface area contributed by atoms with Gasteiger partial charge < -0.3 is 67.9 Å². The molecule has 0 aliphatic carbocycles. The molecule has 0 bridgehead atoms. The number of carbonyl (C=O) groups is 10. The molecular weight excluding hydrogens is 1030 g/mol. The number of primary amides is 1. The predicted octanol–water partition coefficient (Wildman–Crippen LogP) is 0.341. The number of carboxylic acid groups (broad SMARTS) is 1. The zero-order chi connectivity index (χ0) is 58.0. The first-order valence-electron chi connectivity index (χ1n) is 26.6. The molecule has 1 saturated heterocycles. The highest BCUT2D eigenvalue weighted by atomic mass is 16.4. The average Bonchev–Trinajstić information content (AvgIpc) is 4.28. The van der Waals surface area contributed by atoms with Crippen LogP contribution in [0.1, 0.15) is 89.2 Å². The third-order valence-electron chi connectivity index (χ3n) is 13.6. The van der Waals surface area contributed by atoms with Crippen LogP contribution < -0.4 is 43.0 Å². The van der Waals surface area contributed by atoms with Crippen LogP contribution in [0, 0.1) is 11.8 Å². The largest absolute Gasteiger partial charge is 0.480 e. The second-order valence-corrected chi connectivity index (χ2v) is 20.8. The maximum Gasteiger partial charge on any atom is 0.326 e. The van der Waals surface area contributed by atoms with Crippen LogP contribution in [-0.2, 0) is 73.6 Å². The van der Waals surface area contributed by atoms with Crippen molar-refractivity contribution in [2.75, 3.05) is 6.54 Å². The van der Waals surface area contributed by atoms with Crippen molar-refractivity contribution in [2.45, 2.75) is 141 Å². The lowest BCUT2D eigenvalue weighted by molar-refractivity contribution is -0.142. The quantitative estimate of drug-likeness (QED) is 0.0308. The van der Waals surface area contributed by atoms with E-state index in [-0.39, 0.29) is 63.3 Å². The number of aliphatic carboxylic acids is 1. The molecule has 25 nitrogen and oxygen atoms in total. The number of rotatable bonds is 29. The van der Waals surface area contributed by atoms with Gasteiger partial charge in [-0.3, -0.25) is 43.2 Å². The Morgan fingerprint density at radius 1 is 0.650 bits per heavy atom. The van der Waals surface area contributed by atoms with E-state index in [4.69, 9.17) is 5.73 Å². The molecule has 5 aromatic rings. The van der Waals surface area contributed by atoms with Crippen LogP contribution in [0.4, 0.5) is 0 Å². The third-order valence-corrected chi connectivity index (χ3v) is 13.6. The highest BCUT2D eigenvalue weighted by Gasteiger charge is 2.41. The number of aromatic nitrogens is 5. The van der Waals surface area contributed by atoms with Crippen molar-refractivity contribution in [2.24, 2.45) is 17.6 Å². The molecule has 0 unspecified atom stereocenters. The fourth-order valence-electron chi connectivity index (χ4n) is 9.56. The lowest BCUT2D eigenvalue weighted by Crippen LogP contribution is -2.61. The Morgan fingerprint density at radius 3 is 1.80 bits per heavy atom. The first-order chi connectivity index (χ1) is 38.2. The van der Waals surface area contributed by atoms with Gasteiger partial charge in [0.2, 0.25) is 53.2 Å². The van der Waals surface area contributed by atoms with Crippen LogP contribution >= 0.6 is 0 Å². The fourth-order valence-corrected chi connectivity index (χ4v) is 9.56. The van der Waals surface area contributed by atoms with E-state index in [1.165, 1.54) is 36.9 Å². The normalized spacial score (nSPS) is 15.8. The van der Waals surface area contributed by atoms with E-state index in [2.05, 4.69) is 62.1 Å². The molecule has 80 heavy (non-hydrogen) atoms. The highest BCUT2D eigenvalue weighted by molar-refractivity contribution is 5.98. The van der Waals surface area contributed by atoms with Gasteiger partial charge in [-0.25, -0.2) is 14.8 Å². The van der Waals surface area contributed by atoms with E-state index in [9.17, 15) is 53.1 Å². The molecular formula is C55H72N14O11. The van der Waals surface area contributed by atoms with Gasteiger partial charge in [0, 0.05) is 86.5 Å². The number of carboxylic acids is 1. The minimum atomic E-state index is -1.54. The predicted molar refractivity (Wildman–Crippen MR) is 291 cm³/mol. The number of H-pyrrole nitrogens is 3. The Bertz CT molecular complexity index is 2940. The summed E-state index contributed by atoms with van der Waals surface area (Å²) >= 11 is 0. The van der Waals surface area contributed by atoms with Crippen molar-refractivity contribution in [1.29, 1.82) is 0 Å². The Labute approximate surface area is 461 Å². The van der Waals surface area contributed by atoms with Crippen LogP contribution in [0.3, 0.4) is 0 Å². The number of para-hydroxylation sites is 1. The molecule has 0 radical (unpaired) electrons. The Balaban J connectivity index is 1.20. The molecule has 25 heteroatoms. The number of aromatic amines is 3. The summed E-state index contributed by atoms with van der Waals surface area (Å²) in [5, 5.41) is 29.8. The third kappa shape index (κ3) is 17.3. The van der Waals surface area contributed by atoms with Crippen LogP contribution in [0.5, 0.6) is 0 Å². The summed E-state index contributed by atoms with van der Waals surface area (Å²) in [7, 11) is 0.